The van der Waals surface area contributed by atoms with Crippen LogP contribution in [0, 0.1) is 17.8 Å². The first-order valence-electron chi connectivity index (χ1n) is 30.1. The fraction of sp³-hybridized carbons (Fsp3) is 0.667. The molecule has 31 nitrogen and oxygen atoms in total. The highest BCUT2D eigenvalue weighted by molar-refractivity contribution is 5.99. The van der Waals surface area contributed by atoms with Crippen molar-refractivity contribution in [2.75, 3.05) is 32.8 Å². The summed E-state index contributed by atoms with van der Waals surface area (Å²) in [6, 6.07) is -6.09. The van der Waals surface area contributed by atoms with E-state index < -0.39 is 169 Å². The minimum Gasteiger partial charge on any atom is -0.394 e. The van der Waals surface area contributed by atoms with E-state index >= 15 is 0 Å². The molecule has 0 spiro atoms. The molecule has 1 heterocycles. The fourth-order valence-electron chi connectivity index (χ4n) is 8.99. The van der Waals surface area contributed by atoms with Crippen molar-refractivity contribution in [2.45, 2.75) is 192 Å². The largest absolute Gasteiger partial charge is 0.394 e. The van der Waals surface area contributed by atoms with E-state index in [1.54, 1.807) is 65.8 Å². The lowest BCUT2D eigenvalue weighted by molar-refractivity contribution is -0.137. The van der Waals surface area contributed by atoms with E-state index in [1.807, 2.05) is 13.0 Å². The maximum absolute atomic E-state index is 14.4. The summed E-state index contributed by atoms with van der Waals surface area (Å²) in [7, 11) is 0. The number of aliphatic hydroxyl groups is 2. The Morgan fingerprint density at radius 1 is 0.557 bits per heavy atom. The number of aliphatic imine (C=N–C) groups is 2. The van der Waals surface area contributed by atoms with Gasteiger partial charge in [-0.2, -0.15) is 0 Å². The molecule has 1 aromatic carbocycles. The van der Waals surface area contributed by atoms with Crippen molar-refractivity contribution in [3.8, 4) is 0 Å². The zero-order valence-electron chi connectivity index (χ0n) is 51.9. The number of guanidine groups is 2. The van der Waals surface area contributed by atoms with Crippen LogP contribution >= 0.6 is 0 Å². The monoisotopic (exact) mass is 1240 g/mol. The number of aliphatic hydroxyl groups excluding tert-OH is 2. The van der Waals surface area contributed by atoms with E-state index in [9.17, 15) is 63.0 Å². The fourth-order valence-corrected chi connectivity index (χ4v) is 8.99. The zero-order chi connectivity index (χ0) is 66.2. The summed E-state index contributed by atoms with van der Waals surface area (Å²) in [5.41, 5.74) is 28.9. The Labute approximate surface area is 514 Å². The summed E-state index contributed by atoms with van der Waals surface area (Å²) in [5.74, 6) is -11.6. The molecule has 0 aliphatic carbocycles. The highest BCUT2D eigenvalue weighted by atomic mass is 16.3. The summed E-state index contributed by atoms with van der Waals surface area (Å²) in [6.45, 7) is 11.0. The van der Waals surface area contributed by atoms with Crippen molar-refractivity contribution in [1.29, 1.82) is 0 Å². The van der Waals surface area contributed by atoms with Gasteiger partial charge in [-0.25, -0.2) is 0 Å². The average Bonchev–Trinajstić information content (AvgIpc) is 3.71. The van der Waals surface area contributed by atoms with Gasteiger partial charge in [0.2, 0.25) is 65.0 Å². The van der Waals surface area contributed by atoms with Crippen LogP contribution in [0.5, 0.6) is 0 Å². The first kappa shape index (κ1) is 75.9. The maximum atomic E-state index is 14.4. The molecule has 14 atom stereocenters. The van der Waals surface area contributed by atoms with Gasteiger partial charge in [0.15, 0.2) is 11.9 Å². The van der Waals surface area contributed by atoms with E-state index in [4.69, 9.17) is 28.7 Å². The van der Waals surface area contributed by atoms with E-state index in [0.29, 0.717) is 25.7 Å². The molecular weight excluding hydrogens is 1140 g/mol. The summed E-state index contributed by atoms with van der Waals surface area (Å²) in [6.07, 6.45) is 2.77. The molecule has 0 bridgehead atoms. The number of nitrogens with zero attached hydrogens (tertiary/aromatic N) is 2. The van der Waals surface area contributed by atoms with Gasteiger partial charge in [-0.3, -0.25) is 62.7 Å². The van der Waals surface area contributed by atoms with E-state index in [1.165, 1.54) is 6.92 Å². The highest BCUT2D eigenvalue weighted by Crippen LogP contribution is 2.15. The summed E-state index contributed by atoms with van der Waals surface area (Å²) >= 11 is 0. The SMILES string of the molecule is CCCC[C@@H]1NC(=O)[C@H](CCCN=C(N)N)NC(=O)[C@H](C)NC(=O)[C@H](NC(=O)[C@H](CO)NC(=O)[C@@H](NC(=O)[C@H](NC(=O)[C@@H](CCCN=C(N)N)NC(=O)[C@H](CO)NC(=O)[C@@H](NC(=O)[C@H](N)Cc2ccccc2)[C@@H](C)CC)[C@@H](C)CC)[C@@H](C)CC)CNC1=O. The Morgan fingerprint density at radius 3 is 1.51 bits per heavy atom. The first-order chi connectivity index (χ1) is 41.7. The van der Waals surface area contributed by atoms with Crippen molar-refractivity contribution in [3.63, 3.8) is 0 Å². The minimum absolute atomic E-state index is 0.00685. The third-order valence-corrected chi connectivity index (χ3v) is 15.1. The average molecular weight is 1240 g/mol. The van der Waals surface area contributed by atoms with Crippen molar-refractivity contribution in [2.24, 2.45) is 56.4 Å². The number of rotatable bonds is 35. The molecule has 11 amide bonds. The number of benzene rings is 1. The molecule has 31 heteroatoms. The quantitative estimate of drug-likeness (QED) is 0.0172. The van der Waals surface area contributed by atoms with Gasteiger partial charge in [-0.05, 0) is 68.8 Å². The van der Waals surface area contributed by atoms with Crippen LogP contribution in [0.3, 0.4) is 0 Å². The van der Waals surface area contributed by atoms with E-state index in [0.717, 1.165) is 5.56 Å². The third kappa shape index (κ3) is 26.0. The van der Waals surface area contributed by atoms with Crippen LogP contribution in [0.15, 0.2) is 40.3 Å². The van der Waals surface area contributed by atoms with Crippen LogP contribution in [0.4, 0.5) is 0 Å². The minimum atomic E-state index is -1.77. The van der Waals surface area contributed by atoms with Crippen molar-refractivity contribution in [1.82, 2.24) is 58.5 Å². The van der Waals surface area contributed by atoms with E-state index in [-0.39, 0.29) is 70.0 Å². The molecule has 1 fully saturated rings. The number of hydrogen-bond acceptors (Lipinski definition) is 16. The predicted octanol–water partition coefficient (Wildman–Crippen LogP) is -5.03. The molecule has 1 aliphatic rings. The molecular formula is C57H98N18O13. The smallest absolute Gasteiger partial charge is 0.245 e. The molecule has 23 N–H and O–H groups in total. The molecule has 1 aliphatic heterocycles. The summed E-state index contributed by atoms with van der Waals surface area (Å²) in [4.78, 5) is 160. The molecule has 1 aromatic rings. The van der Waals surface area contributed by atoms with Gasteiger partial charge in [0.05, 0.1) is 19.3 Å². The number of carbonyl (C=O) groups excluding carboxylic acids is 11. The summed E-state index contributed by atoms with van der Waals surface area (Å²) < 4.78 is 0. The Balaban J connectivity index is 2.39. The number of nitrogens with two attached hydrogens (primary N) is 5. The van der Waals surface area contributed by atoms with Crippen LogP contribution in [0.1, 0.15) is 125 Å². The zero-order valence-corrected chi connectivity index (χ0v) is 51.9. The highest BCUT2D eigenvalue weighted by Gasteiger charge is 2.38. The van der Waals surface area contributed by atoms with Gasteiger partial charge >= 0.3 is 0 Å². The normalized spacial score (nSPS) is 19.8. The van der Waals surface area contributed by atoms with Crippen LogP contribution in [-0.4, -0.2) is 186 Å². The molecule has 1 saturated heterocycles. The van der Waals surface area contributed by atoms with Gasteiger partial charge < -0.3 is 97.4 Å². The van der Waals surface area contributed by atoms with Crippen LogP contribution in [0.2, 0.25) is 0 Å². The molecule has 494 valence electrons. The second kappa shape index (κ2) is 39.6. The number of carbonyl (C=O) groups is 11. The molecule has 0 aromatic heterocycles. The predicted molar refractivity (Wildman–Crippen MR) is 328 cm³/mol. The second-order valence-electron chi connectivity index (χ2n) is 22.2. The number of unbranched alkanes of at least 4 members (excludes halogenated alkanes) is 1. The standard InChI is InChI=1S/C57H98N18O13/c1-9-13-21-36-47(80)65-27-39(50(83)66-33(8)45(78)67-37(48(81)68-36)22-17-24-63-56(59)60)70-52(85)41(29-77)72-54(87)43(31(6)11-3)75-55(88)44(32(7)12-4)74-49(82)38(23-18-25-64-57(61)62)69-51(84)40(28-76)71-53(86)42(30(5)10-2)73-46(79)35(58)26-34-19-15-14-16-20-34/h14-16,19-20,30-33,35-44,76-77H,9-13,17-18,21-29,58H2,1-8H3,(H,65,80)(H,66,83)(H,67,78)(H,68,81)(H,69,84)(H,70,85)(H,71,86)(H,72,87)(H,73,79)(H,74,82)(H,75,88)(H4,59,60,63)(H4,61,62,64)/t30-,31-,32-,33-,35+,36-,37-,38+,39+,40-,41-,42-,43-,44+/m0/s1. The number of hydrogen-bond donors (Lipinski definition) is 18. The Kier molecular flexibility index (Phi) is 34.1. The van der Waals surface area contributed by atoms with Crippen LogP contribution < -0.4 is 87.2 Å². The molecule has 0 radical (unpaired) electrons. The van der Waals surface area contributed by atoms with Crippen molar-refractivity contribution in [3.05, 3.63) is 35.9 Å². The third-order valence-electron chi connectivity index (χ3n) is 15.1. The maximum Gasteiger partial charge on any atom is 0.245 e. The lowest BCUT2D eigenvalue weighted by atomic mass is 9.94. The van der Waals surface area contributed by atoms with Gasteiger partial charge in [-0.15, -0.1) is 0 Å². The Hall–Kier alpha value is -8.19. The summed E-state index contributed by atoms with van der Waals surface area (Å²) in [5, 5.41) is 49.1. The number of amides is 11. The van der Waals surface area contributed by atoms with Gasteiger partial charge in [0, 0.05) is 19.6 Å². The Bertz CT molecular complexity index is 2530. The lowest BCUT2D eigenvalue weighted by Gasteiger charge is -2.31. The van der Waals surface area contributed by atoms with Crippen molar-refractivity contribution < 1.29 is 63.0 Å². The number of nitrogens with one attached hydrogen (secondary N) is 11. The molecule has 0 unspecified atom stereocenters. The van der Waals surface area contributed by atoms with Gasteiger partial charge in [0.1, 0.15) is 60.4 Å². The molecule has 0 saturated carbocycles. The van der Waals surface area contributed by atoms with Gasteiger partial charge in [-0.1, -0.05) is 111 Å². The lowest BCUT2D eigenvalue weighted by Crippen LogP contribution is -2.63. The second-order valence-corrected chi connectivity index (χ2v) is 22.2. The van der Waals surface area contributed by atoms with Crippen molar-refractivity contribution >= 4 is 76.9 Å². The van der Waals surface area contributed by atoms with E-state index in [2.05, 4.69) is 68.5 Å². The van der Waals surface area contributed by atoms with Gasteiger partial charge in [0.25, 0.3) is 0 Å². The molecule has 2 rings (SSSR count). The topological polar surface area (TPSA) is 515 Å². The van der Waals surface area contributed by atoms with Crippen LogP contribution in [-0.2, 0) is 59.2 Å². The first-order valence-corrected chi connectivity index (χ1v) is 30.1. The Morgan fingerprint density at radius 2 is 1.00 bits per heavy atom. The van der Waals surface area contributed by atoms with Crippen LogP contribution in [0.25, 0.3) is 0 Å². The molecule has 88 heavy (non-hydrogen) atoms.